The van der Waals surface area contributed by atoms with Crippen LogP contribution in [-0.2, 0) is 4.79 Å². The molecule has 2 aromatic carbocycles. The molecule has 0 fully saturated rings. The van der Waals surface area contributed by atoms with Crippen molar-refractivity contribution in [2.24, 2.45) is 0 Å². The molecule has 0 unspecified atom stereocenters. The highest BCUT2D eigenvalue weighted by Crippen LogP contribution is 2.20. The van der Waals surface area contributed by atoms with Gasteiger partial charge >= 0.3 is 0 Å². The molecule has 0 aromatic heterocycles. The summed E-state index contributed by atoms with van der Waals surface area (Å²) in [5.41, 5.74) is 4.72. The molecule has 1 N–H and O–H groups in total. The Kier molecular flexibility index (Phi) is 6.02. The number of benzene rings is 2. The van der Waals surface area contributed by atoms with Crippen LogP contribution in [0.2, 0.25) is 0 Å². The van der Waals surface area contributed by atoms with E-state index in [-0.39, 0.29) is 11.9 Å². The molecule has 0 saturated heterocycles. The molecule has 1 amide bonds. The summed E-state index contributed by atoms with van der Waals surface area (Å²) in [6, 6.07) is 14.0. The lowest BCUT2D eigenvalue weighted by molar-refractivity contribution is -0.128. The second-order valence-corrected chi connectivity index (χ2v) is 6.42. The Hall–Kier alpha value is -2.29. The summed E-state index contributed by atoms with van der Waals surface area (Å²) in [6.07, 6.45) is 0.139. The number of hydrogen-bond donors (Lipinski definition) is 1. The Bertz CT molecular complexity index is 691. The summed E-state index contributed by atoms with van der Waals surface area (Å²) in [7, 11) is 0. The topological polar surface area (TPSA) is 38.3 Å². The predicted octanol–water partition coefficient (Wildman–Crippen LogP) is 4.65. The number of carbonyl (C=O) groups is 1. The summed E-state index contributed by atoms with van der Waals surface area (Å²) in [5.74, 6) is 0.646. The molecule has 128 valence electrons. The number of nitrogens with one attached hydrogen (secondary N) is 1. The van der Waals surface area contributed by atoms with Crippen LogP contribution in [0.4, 0.5) is 0 Å². The number of amides is 1. The third kappa shape index (κ3) is 4.60. The maximum absolute atomic E-state index is 12.6. The zero-order valence-corrected chi connectivity index (χ0v) is 15.2. The number of rotatable bonds is 6. The minimum Gasteiger partial charge on any atom is -0.481 e. The second kappa shape index (κ2) is 8.00. The van der Waals surface area contributed by atoms with Gasteiger partial charge in [-0.05, 0) is 57.4 Å². The van der Waals surface area contributed by atoms with Crippen molar-refractivity contribution in [2.75, 3.05) is 0 Å². The van der Waals surface area contributed by atoms with Crippen LogP contribution in [-0.4, -0.2) is 12.0 Å². The highest BCUT2D eigenvalue weighted by molar-refractivity contribution is 5.81. The maximum Gasteiger partial charge on any atom is 0.261 e. The zero-order valence-electron chi connectivity index (χ0n) is 15.2. The van der Waals surface area contributed by atoms with Gasteiger partial charge in [0.2, 0.25) is 0 Å². The molecule has 24 heavy (non-hydrogen) atoms. The second-order valence-electron chi connectivity index (χ2n) is 6.42. The van der Waals surface area contributed by atoms with E-state index in [1.54, 1.807) is 0 Å². The lowest BCUT2D eigenvalue weighted by Gasteiger charge is -2.22. The summed E-state index contributed by atoms with van der Waals surface area (Å²) >= 11 is 0. The quantitative estimate of drug-likeness (QED) is 0.840. The lowest BCUT2D eigenvalue weighted by Crippen LogP contribution is -2.39. The first-order valence-corrected chi connectivity index (χ1v) is 8.51. The van der Waals surface area contributed by atoms with Gasteiger partial charge in [0.05, 0.1) is 6.04 Å². The third-order valence-corrected chi connectivity index (χ3v) is 4.21. The van der Waals surface area contributed by atoms with Crippen LogP contribution in [0.1, 0.15) is 48.6 Å². The smallest absolute Gasteiger partial charge is 0.261 e. The van der Waals surface area contributed by atoms with E-state index in [0.29, 0.717) is 6.42 Å². The fraction of sp³-hybridized carbons (Fsp3) is 0.381. The van der Waals surface area contributed by atoms with Gasteiger partial charge < -0.3 is 10.1 Å². The molecule has 0 aliphatic rings. The molecule has 0 heterocycles. The van der Waals surface area contributed by atoms with Crippen LogP contribution < -0.4 is 10.1 Å². The highest BCUT2D eigenvalue weighted by Gasteiger charge is 2.21. The van der Waals surface area contributed by atoms with E-state index < -0.39 is 6.10 Å². The van der Waals surface area contributed by atoms with Crippen molar-refractivity contribution in [1.29, 1.82) is 0 Å². The highest BCUT2D eigenvalue weighted by atomic mass is 16.5. The molecular formula is C21H27NO2. The lowest BCUT2D eigenvalue weighted by atomic mass is 10.00. The van der Waals surface area contributed by atoms with Gasteiger partial charge in [0, 0.05) is 0 Å². The van der Waals surface area contributed by atoms with Gasteiger partial charge in [-0.15, -0.1) is 0 Å². The molecule has 3 nitrogen and oxygen atoms in total. The normalized spacial score (nSPS) is 13.2. The summed E-state index contributed by atoms with van der Waals surface area (Å²) < 4.78 is 5.85. The van der Waals surface area contributed by atoms with Gasteiger partial charge in [0.25, 0.3) is 5.91 Å². The van der Waals surface area contributed by atoms with E-state index in [1.165, 1.54) is 16.7 Å². The first kappa shape index (κ1) is 18.1. The Balaban J connectivity index is 2.04. The number of hydrogen-bond acceptors (Lipinski definition) is 2. The van der Waals surface area contributed by atoms with Crippen molar-refractivity contribution >= 4 is 5.91 Å². The Morgan fingerprint density at radius 3 is 2.25 bits per heavy atom. The van der Waals surface area contributed by atoms with E-state index in [0.717, 1.165) is 11.3 Å². The van der Waals surface area contributed by atoms with Crippen LogP contribution in [0.3, 0.4) is 0 Å². The van der Waals surface area contributed by atoms with Crippen molar-refractivity contribution in [1.82, 2.24) is 5.32 Å². The number of carbonyl (C=O) groups excluding carboxylic acids is 1. The predicted molar refractivity (Wildman–Crippen MR) is 98.4 cm³/mol. The van der Waals surface area contributed by atoms with Crippen LogP contribution in [0.25, 0.3) is 0 Å². The van der Waals surface area contributed by atoms with Crippen molar-refractivity contribution in [3.8, 4) is 5.75 Å². The van der Waals surface area contributed by atoms with Gasteiger partial charge in [0.15, 0.2) is 6.10 Å². The van der Waals surface area contributed by atoms with E-state index in [2.05, 4.69) is 37.4 Å². The molecule has 0 spiro atoms. The Morgan fingerprint density at radius 2 is 1.67 bits per heavy atom. The van der Waals surface area contributed by atoms with Crippen LogP contribution in [0.5, 0.6) is 5.75 Å². The van der Waals surface area contributed by atoms with Gasteiger partial charge in [-0.3, -0.25) is 4.79 Å². The van der Waals surface area contributed by atoms with Gasteiger partial charge in [-0.25, -0.2) is 0 Å². The monoisotopic (exact) mass is 325 g/mol. The van der Waals surface area contributed by atoms with Gasteiger partial charge in [0.1, 0.15) is 5.75 Å². The third-order valence-electron chi connectivity index (χ3n) is 4.21. The first-order valence-electron chi connectivity index (χ1n) is 8.51. The largest absolute Gasteiger partial charge is 0.481 e. The van der Waals surface area contributed by atoms with E-state index in [4.69, 9.17) is 4.74 Å². The molecule has 2 rings (SSSR count). The Labute approximate surface area is 145 Å². The Morgan fingerprint density at radius 1 is 1.04 bits per heavy atom. The average molecular weight is 325 g/mol. The minimum atomic E-state index is -0.485. The van der Waals surface area contributed by atoms with Crippen LogP contribution in [0, 0.1) is 20.8 Å². The van der Waals surface area contributed by atoms with E-state index in [1.807, 2.05) is 45.0 Å². The average Bonchev–Trinajstić information content (AvgIpc) is 2.54. The summed E-state index contributed by atoms with van der Waals surface area (Å²) in [6.45, 7) is 10.1. The van der Waals surface area contributed by atoms with Crippen molar-refractivity contribution in [3.05, 3.63) is 64.7 Å². The molecule has 2 atom stereocenters. The number of aryl methyl sites for hydroxylation is 3. The summed E-state index contributed by atoms with van der Waals surface area (Å²) in [4.78, 5) is 12.6. The molecular weight excluding hydrogens is 298 g/mol. The number of ether oxygens (including phenoxy) is 1. The fourth-order valence-electron chi connectivity index (χ4n) is 2.80. The zero-order chi connectivity index (χ0) is 17.7. The van der Waals surface area contributed by atoms with E-state index in [9.17, 15) is 4.79 Å². The van der Waals surface area contributed by atoms with Crippen LogP contribution >= 0.6 is 0 Å². The minimum absolute atomic E-state index is 0.0474. The molecule has 0 aliphatic carbocycles. The van der Waals surface area contributed by atoms with Crippen LogP contribution in [0.15, 0.2) is 42.5 Å². The standard InChI is InChI=1S/C21H27NO2/c1-6-20(24-18-10-7-14(2)8-11-18)21(23)22-17(5)19-12-9-15(3)13-16(19)4/h7-13,17,20H,6H2,1-5H3,(H,22,23)/t17-,20-/m1/s1. The molecule has 0 aliphatic heterocycles. The van der Waals surface area contributed by atoms with Crippen molar-refractivity contribution < 1.29 is 9.53 Å². The molecule has 0 saturated carbocycles. The van der Waals surface area contributed by atoms with Gasteiger partial charge in [-0.1, -0.05) is 48.4 Å². The maximum atomic E-state index is 12.6. The van der Waals surface area contributed by atoms with Crippen molar-refractivity contribution in [3.63, 3.8) is 0 Å². The molecule has 0 bridgehead atoms. The summed E-state index contributed by atoms with van der Waals surface area (Å²) in [5, 5.41) is 3.08. The van der Waals surface area contributed by atoms with Gasteiger partial charge in [-0.2, -0.15) is 0 Å². The first-order chi connectivity index (χ1) is 11.4. The molecule has 2 aromatic rings. The SMILES string of the molecule is CC[C@@H](Oc1ccc(C)cc1)C(=O)N[C@H](C)c1ccc(C)cc1C. The molecule has 3 heteroatoms. The molecule has 0 radical (unpaired) electrons. The van der Waals surface area contributed by atoms with E-state index >= 15 is 0 Å². The van der Waals surface area contributed by atoms with Crippen molar-refractivity contribution in [2.45, 2.75) is 53.2 Å². The fourth-order valence-corrected chi connectivity index (χ4v) is 2.80.